The molecule has 0 aliphatic carbocycles. The predicted octanol–water partition coefficient (Wildman–Crippen LogP) is 4.01. The third kappa shape index (κ3) is 6.59. The molecule has 1 amide bonds. The molecule has 0 saturated heterocycles. The van der Waals surface area contributed by atoms with Crippen LogP contribution in [0.3, 0.4) is 0 Å². The number of hydrogen-bond donors (Lipinski definition) is 4. The van der Waals surface area contributed by atoms with E-state index in [0.29, 0.717) is 39.9 Å². The second-order valence-electron chi connectivity index (χ2n) is 7.48. The van der Waals surface area contributed by atoms with Gasteiger partial charge in [-0.2, -0.15) is 0 Å². The second-order valence-corrected chi connectivity index (χ2v) is 7.48. The van der Waals surface area contributed by atoms with E-state index in [9.17, 15) is 4.79 Å². The Morgan fingerprint density at radius 3 is 2.53 bits per heavy atom. The van der Waals surface area contributed by atoms with Gasteiger partial charge in [0.15, 0.2) is 5.75 Å². The number of allylic oxidation sites excluding steroid dienone is 2. The van der Waals surface area contributed by atoms with Gasteiger partial charge >= 0.3 is 0 Å². The summed E-state index contributed by atoms with van der Waals surface area (Å²) in [5.41, 5.74) is 11.2. The number of aromatic nitrogens is 1. The number of benzene rings is 1. The van der Waals surface area contributed by atoms with E-state index in [0.717, 1.165) is 11.1 Å². The van der Waals surface area contributed by atoms with Crippen LogP contribution in [0.15, 0.2) is 83.3 Å². The SMILES string of the molecule is C=C(/C=C(/Nc1cccc(C(N)=C(C)C=NC)c1OC)C(=C)C(=O)NC)Nc1ccc(C)cn1. The van der Waals surface area contributed by atoms with Crippen molar-refractivity contribution in [3.8, 4) is 5.75 Å². The molecule has 0 atom stereocenters. The number of rotatable bonds is 10. The van der Waals surface area contributed by atoms with Gasteiger partial charge in [-0.3, -0.25) is 9.79 Å². The fourth-order valence-corrected chi connectivity index (χ4v) is 3.08. The molecule has 0 radical (unpaired) electrons. The van der Waals surface area contributed by atoms with Crippen LogP contribution in [0.5, 0.6) is 5.75 Å². The molecule has 0 bridgehead atoms. The van der Waals surface area contributed by atoms with Crippen LogP contribution < -0.4 is 26.4 Å². The number of methoxy groups -OCH3 is 1. The summed E-state index contributed by atoms with van der Waals surface area (Å²) in [6.45, 7) is 11.8. The molecule has 5 N–H and O–H groups in total. The third-order valence-electron chi connectivity index (χ3n) is 4.87. The van der Waals surface area contributed by atoms with E-state index in [1.165, 1.54) is 0 Å². The maximum atomic E-state index is 12.4. The van der Waals surface area contributed by atoms with Crippen LogP contribution in [0.4, 0.5) is 11.5 Å². The van der Waals surface area contributed by atoms with E-state index in [-0.39, 0.29) is 11.5 Å². The van der Waals surface area contributed by atoms with Crippen LogP contribution in [0.2, 0.25) is 0 Å². The molecule has 0 aliphatic heterocycles. The minimum absolute atomic E-state index is 0.215. The summed E-state index contributed by atoms with van der Waals surface area (Å²) in [5, 5.41) is 8.96. The quantitative estimate of drug-likeness (QED) is 0.242. The molecule has 8 nitrogen and oxygen atoms in total. The predicted molar refractivity (Wildman–Crippen MR) is 141 cm³/mol. The van der Waals surface area contributed by atoms with E-state index in [1.54, 1.807) is 39.7 Å². The Morgan fingerprint density at radius 2 is 1.94 bits per heavy atom. The molecule has 1 heterocycles. The van der Waals surface area contributed by atoms with Gasteiger partial charge in [0.25, 0.3) is 5.91 Å². The summed E-state index contributed by atoms with van der Waals surface area (Å²) >= 11 is 0. The zero-order valence-electron chi connectivity index (χ0n) is 20.3. The lowest BCUT2D eigenvalue weighted by Gasteiger charge is -2.19. The van der Waals surface area contributed by atoms with Gasteiger partial charge in [-0.1, -0.05) is 25.3 Å². The van der Waals surface area contributed by atoms with Crippen molar-refractivity contribution >= 4 is 29.3 Å². The standard InChI is InChI=1S/C26H32N6O2/c1-16-11-12-23(30-14-16)31-18(3)13-22(19(4)26(33)29-6)32-21-10-8-9-20(25(21)34-7)24(27)17(2)15-28-5/h8-15,32H,3-4,27H2,1-2,5-7H3,(H,29,33)(H,30,31)/b22-13+,24-17?,28-15?. The Balaban J connectivity index is 2.48. The number of carbonyl (C=O) groups excluding carboxylic acids is 1. The topological polar surface area (TPSA) is 114 Å². The van der Waals surface area contributed by atoms with Gasteiger partial charge in [-0.15, -0.1) is 0 Å². The van der Waals surface area contributed by atoms with Crippen molar-refractivity contribution in [2.45, 2.75) is 13.8 Å². The minimum Gasteiger partial charge on any atom is -0.494 e. The minimum atomic E-state index is -0.343. The number of pyridine rings is 1. The number of likely N-dealkylation sites (N-methyl/N-ethyl adjacent to an activating group) is 1. The highest BCUT2D eigenvalue weighted by Gasteiger charge is 2.17. The first kappa shape index (κ1) is 25.9. The number of nitrogens with two attached hydrogens (primary N) is 1. The highest BCUT2D eigenvalue weighted by Crippen LogP contribution is 2.34. The molecular formula is C26H32N6O2. The van der Waals surface area contributed by atoms with Gasteiger partial charge < -0.3 is 26.4 Å². The molecule has 8 heteroatoms. The van der Waals surface area contributed by atoms with Crippen molar-refractivity contribution < 1.29 is 9.53 Å². The van der Waals surface area contributed by atoms with Crippen LogP contribution >= 0.6 is 0 Å². The molecule has 1 aromatic heterocycles. The van der Waals surface area contributed by atoms with Crippen LogP contribution in [0.25, 0.3) is 5.70 Å². The number of nitrogens with zero attached hydrogens (tertiary/aromatic N) is 2. The summed E-state index contributed by atoms with van der Waals surface area (Å²) in [5.74, 6) is 0.796. The summed E-state index contributed by atoms with van der Waals surface area (Å²) in [4.78, 5) is 20.7. The van der Waals surface area contributed by atoms with Crippen molar-refractivity contribution in [1.82, 2.24) is 10.3 Å². The normalized spacial score (nSPS) is 12.1. The van der Waals surface area contributed by atoms with Gasteiger partial charge in [0.2, 0.25) is 0 Å². The van der Waals surface area contributed by atoms with Crippen LogP contribution in [0, 0.1) is 6.92 Å². The van der Waals surface area contributed by atoms with Gasteiger partial charge in [0.05, 0.1) is 24.1 Å². The van der Waals surface area contributed by atoms with Crippen molar-refractivity contribution in [3.05, 3.63) is 89.4 Å². The Hall–Kier alpha value is -4.33. The number of para-hydroxylation sites is 1. The highest BCUT2D eigenvalue weighted by atomic mass is 16.5. The molecule has 1 aromatic carbocycles. The zero-order chi connectivity index (χ0) is 25.3. The molecule has 178 valence electrons. The van der Waals surface area contributed by atoms with Gasteiger partial charge in [0, 0.05) is 43.5 Å². The molecule has 0 unspecified atom stereocenters. The van der Waals surface area contributed by atoms with Crippen LogP contribution in [-0.4, -0.2) is 38.3 Å². The average Bonchev–Trinajstić information content (AvgIpc) is 2.83. The number of aryl methyl sites for hydroxylation is 1. The summed E-state index contributed by atoms with van der Waals surface area (Å²) < 4.78 is 5.68. The van der Waals surface area contributed by atoms with Crippen molar-refractivity contribution in [3.63, 3.8) is 0 Å². The Kier molecular flexibility index (Phi) is 9.19. The number of ether oxygens (including phenoxy) is 1. The number of aliphatic imine (C=N–C) groups is 1. The fourth-order valence-electron chi connectivity index (χ4n) is 3.08. The number of nitrogens with one attached hydrogen (secondary N) is 3. The van der Waals surface area contributed by atoms with Crippen molar-refractivity contribution in [1.29, 1.82) is 0 Å². The largest absolute Gasteiger partial charge is 0.494 e. The Labute approximate surface area is 201 Å². The Morgan fingerprint density at radius 1 is 1.21 bits per heavy atom. The smallest absolute Gasteiger partial charge is 0.252 e. The molecular weight excluding hydrogens is 428 g/mol. The maximum absolute atomic E-state index is 12.4. The molecule has 34 heavy (non-hydrogen) atoms. The maximum Gasteiger partial charge on any atom is 0.252 e. The average molecular weight is 461 g/mol. The number of hydrogen-bond acceptors (Lipinski definition) is 7. The molecule has 2 rings (SSSR count). The molecule has 2 aromatic rings. The van der Waals surface area contributed by atoms with E-state index < -0.39 is 0 Å². The van der Waals surface area contributed by atoms with Crippen molar-refractivity contribution in [2.75, 3.05) is 31.8 Å². The fraction of sp³-hybridized carbons (Fsp3) is 0.192. The van der Waals surface area contributed by atoms with E-state index in [4.69, 9.17) is 10.5 Å². The number of amides is 1. The van der Waals surface area contributed by atoms with Gasteiger partial charge in [0.1, 0.15) is 5.82 Å². The first-order valence-electron chi connectivity index (χ1n) is 10.6. The second kappa shape index (κ2) is 12.1. The van der Waals surface area contributed by atoms with Crippen LogP contribution in [-0.2, 0) is 4.79 Å². The number of carbonyl (C=O) groups is 1. The Bertz CT molecular complexity index is 1160. The lowest BCUT2D eigenvalue weighted by Crippen LogP contribution is -2.23. The highest BCUT2D eigenvalue weighted by molar-refractivity contribution is 5.98. The molecule has 0 saturated carbocycles. The zero-order valence-corrected chi connectivity index (χ0v) is 20.3. The first-order chi connectivity index (χ1) is 16.2. The molecule has 0 fully saturated rings. The summed E-state index contributed by atoms with van der Waals surface area (Å²) in [6.07, 6.45) is 5.11. The van der Waals surface area contributed by atoms with E-state index in [1.807, 2.05) is 44.2 Å². The van der Waals surface area contributed by atoms with Gasteiger partial charge in [-0.25, -0.2) is 4.98 Å². The van der Waals surface area contributed by atoms with Crippen LogP contribution in [0.1, 0.15) is 18.1 Å². The third-order valence-corrected chi connectivity index (χ3v) is 4.87. The first-order valence-corrected chi connectivity index (χ1v) is 10.6. The molecule has 0 spiro atoms. The monoisotopic (exact) mass is 460 g/mol. The lowest BCUT2D eigenvalue weighted by molar-refractivity contribution is -0.116. The lowest BCUT2D eigenvalue weighted by atomic mass is 10.0. The van der Waals surface area contributed by atoms with Gasteiger partial charge in [-0.05, 0) is 49.3 Å². The summed E-state index contributed by atoms with van der Waals surface area (Å²) in [7, 11) is 4.78. The molecule has 0 aliphatic rings. The number of anilines is 2. The van der Waals surface area contributed by atoms with E-state index in [2.05, 4.69) is 39.1 Å². The summed E-state index contributed by atoms with van der Waals surface area (Å²) in [6, 6.07) is 9.30. The van der Waals surface area contributed by atoms with Crippen molar-refractivity contribution in [2.24, 2.45) is 10.7 Å². The van der Waals surface area contributed by atoms with E-state index >= 15 is 0 Å².